The number of rotatable bonds is 4. The van der Waals surface area contributed by atoms with Crippen LogP contribution in [0.25, 0.3) is 0 Å². The second kappa shape index (κ2) is 8.52. The van der Waals surface area contributed by atoms with Crippen LogP contribution in [0.2, 0.25) is 0 Å². The van der Waals surface area contributed by atoms with Gasteiger partial charge < -0.3 is 24.0 Å². The number of morpholine rings is 1. The molecule has 3 aliphatic heterocycles. The number of hydrogen-bond donors (Lipinski definition) is 0. The molecule has 29 heavy (non-hydrogen) atoms. The molecule has 0 aromatic heterocycles. The predicted molar refractivity (Wildman–Crippen MR) is 112 cm³/mol. The third kappa shape index (κ3) is 4.86. The second-order valence-electron chi connectivity index (χ2n) is 9.41. The van der Waals surface area contributed by atoms with Gasteiger partial charge in [0.25, 0.3) is 0 Å². The molecule has 6 heteroatoms. The van der Waals surface area contributed by atoms with Crippen LogP contribution in [0.15, 0.2) is 24.3 Å². The summed E-state index contributed by atoms with van der Waals surface area (Å²) in [5.41, 5.74) is 2.04. The number of nitrogens with zero attached hydrogens (tertiary/aromatic N) is 2. The fourth-order valence-corrected chi connectivity index (χ4v) is 4.83. The van der Waals surface area contributed by atoms with Crippen molar-refractivity contribution in [2.45, 2.75) is 76.9 Å². The van der Waals surface area contributed by atoms with Gasteiger partial charge >= 0.3 is 6.09 Å². The first-order valence-corrected chi connectivity index (χ1v) is 10.9. The van der Waals surface area contributed by atoms with Crippen molar-refractivity contribution in [2.75, 3.05) is 31.2 Å². The Kier molecular flexibility index (Phi) is 6.02. The first-order valence-electron chi connectivity index (χ1n) is 10.9. The van der Waals surface area contributed by atoms with Gasteiger partial charge in [0, 0.05) is 36.4 Å². The highest BCUT2D eigenvalue weighted by Gasteiger charge is 2.45. The molecule has 1 amide bonds. The van der Waals surface area contributed by atoms with Gasteiger partial charge in [-0.1, -0.05) is 18.2 Å². The first kappa shape index (κ1) is 20.5. The molecule has 0 spiro atoms. The van der Waals surface area contributed by atoms with Crippen molar-refractivity contribution in [3.05, 3.63) is 29.8 Å². The number of piperidine rings is 1. The Morgan fingerprint density at radius 1 is 1.10 bits per heavy atom. The molecule has 160 valence electrons. The van der Waals surface area contributed by atoms with Gasteiger partial charge in [-0.2, -0.15) is 0 Å². The third-order valence-corrected chi connectivity index (χ3v) is 6.11. The van der Waals surface area contributed by atoms with Crippen molar-refractivity contribution in [1.82, 2.24) is 4.90 Å². The van der Waals surface area contributed by atoms with Gasteiger partial charge in [-0.25, -0.2) is 4.79 Å². The molecule has 0 radical (unpaired) electrons. The van der Waals surface area contributed by atoms with Gasteiger partial charge in [0.2, 0.25) is 0 Å². The predicted octanol–water partition coefficient (Wildman–Crippen LogP) is 3.97. The average Bonchev–Trinajstić information content (AvgIpc) is 2.97. The van der Waals surface area contributed by atoms with Crippen molar-refractivity contribution < 1.29 is 19.0 Å². The number of fused-ring (bicyclic) bond motifs is 2. The largest absolute Gasteiger partial charge is 0.444 e. The monoisotopic (exact) mass is 402 g/mol. The van der Waals surface area contributed by atoms with E-state index in [2.05, 4.69) is 29.2 Å². The van der Waals surface area contributed by atoms with E-state index in [9.17, 15) is 4.79 Å². The van der Waals surface area contributed by atoms with E-state index in [1.807, 2.05) is 25.7 Å². The van der Waals surface area contributed by atoms with Gasteiger partial charge in [0.15, 0.2) is 0 Å². The Morgan fingerprint density at radius 2 is 1.76 bits per heavy atom. The summed E-state index contributed by atoms with van der Waals surface area (Å²) in [5, 5.41) is 0. The molecule has 1 aromatic carbocycles. The van der Waals surface area contributed by atoms with Crippen LogP contribution in [0, 0.1) is 0 Å². The van der Waals surface area contributed by atoms with Crippen LogP contribution in [0.5, 0.6) is 0 Å². The van der Waals surface area contributed by atoms with E-state index in [1.165, 1.54) is 11.3 Å². The van der Waals surface area contributed by atoms with Crippen molar-refractivity contribution in [2.24, 2.45) is 0 Å². The Balaban J connectivity index is 1.35. The first-order chi connectivity index (χ1) is 13.9. The molecule has 4 rings (SSSR count). The number of carbonyl (C=O) groups is 1. The molecule has 3 aliphatic rings. The molecule has 3 heterocycles. The van der Waals surface area contributed by atoms with E-state index in [4.69, 9.17) is 14.2 Å². The highest BCUT2D eigenvalue weighted by Crippen LogP contribution is 2.38. The number of para-hydroxylation sites is 1. The minimum atomic E-state index is -0.451. The van der Waals surface area contributed by atoms with E-state index in [0.717, 1.165) is 52.0 Å². The van der Waals surface area contributed by atoms with Crippen LogP contribution in [0.1, 0.15) is 52.0 Å². The van der Waals surface area contributed by atoms with E-state index in [1.54, 1.807) is 0 Å². The lowest BCUT2D eigenvalue weighted by Gasteiger charge is -2.39. The molecule has 0 N–H and O–H groups in total. The van der Waals surface area contributed by atoms with E-state index >= 15 is 0 Å². The zero-order valence-electron chi connectivity index (χ0n) is 17.9. The SMILES string of the molecule is CC(C)(C)OC(=O)N1[C@@H]2CC[C@H]1C[C@@H](OCc1ccccc1N1CCOCC1)C2. The lowest BCUT2D eigenvalue weighted by atomic mass is 10.00. The fraction of sp³-hybridized carbons (Fsp3) is 0.696. The molecule has 0 saturated carbocycles. The standard InChI is InChI=1S/C23H34N2O4/c1-23(2,3)29-22(26)25-18-8-9-19(25)15-20(14-18)28-16-17-6-4-5-7-21(17)24-10-12-27-13-11-24/h4-7,18-20H,8-16H2,1-3H3/t18-,19+,20+. The third-order valence-electron chi connectivity index (χ3n) is 6.11. The Morgan fingerprint density at radius 3 is 2.41 bits per heavy atom. The maximum absolute atomic E-state index is 12.6. The summed E-state index contributed by atoms with van der Waals surface area (Å²) in [6.45, 7) is 9.80. The van der Waals surface area contributed by atoms with Crippen LogP contribution in [-0.4, -0.2) is 61.1 Å². The average molecular weight is 403 g/mol. The van der Waals surface area contributed by atoms with Crippen molar-refractivity contribution in [1.29, 1.82) is 0 Å². The van der Waals surface area contributed by atoms with Crippen LogP contribution < -0.4 is 4.90 Å². The van der Waals surface area contributed by atoms with Crippen LogP contribution >= 0.6 is 0 Å². The summed E-state index contributed by atoms with van der Waals surface area (Å²) in [7, 11) is 0. The van der Waals surface area contributed by atoms with E-state index in [-0.39, 0.29) is 24.3 Å². The summed E-state index contributed by atoms with van der Waals surface area (Å²) in [5.74, 6) is 0. The lowest BCUT2D eigenvalue weighted by molar-refractivity contribution is -0.0396. The maximum Gasteiger partial charge on any atom is 0.410 e. The minimum absolute atomic E-state index is 0.166. The van der Waals surface area contributed by atoms with Gasteiger partial charge in [-0.15, -0.1) is 0 Å². The number of ether oxygens (including phenoxy) is 3. The number of anilines is 1. The Labute approximate surface area is 174 Å². The van der Waals surface area contributed by atoms with Gasteiger partial charge in [-0.05, 0) is 52.5 Å². The summed E-state index contributed by atoms with van der Waals surface area (Å²) < 4.78 is 17.5. The molecular weight excluding hydrogens is 368 g/mol. The molecule has 0 unspecified atom stereocenters. The number of amides is 1. The van der Waals surface area contributed by atoms with Crippen LogP contribution in [0.3, 0.4) is 0 Å². The Bertz CT molecular complexity index is 697. The quantitative estimate of drug-likeness (QED) is 0.763. The molecule has 3 atom stereocenters. The highest BCUT2D eigenvalue weighted by molar-refractivity contribution is 5.69. The zero-order chi connectivity index (χ0) is 20.4. The Hall–Kier alpha value is -1.79. The normalized spacial score (nSPS) is 27.2. The molecular formula is C23H34N2O4. The van der Waals surface area contributed by atoms with Crippen LogP contribution in [0.4, 0.5) is 10.5 Å². The number of hydrogen-bond acceptors (Lipinski definition) is 5. The molecule has 2 bridgehead atoms. The van der Waals surface area contributed by atoms with Gasteiger partial charge in [-0.3, -0.25) is 0 Å². The molecule has 1 aromatic rings. The molecule has 3 saturated heterocycles. The number of carbonyl (C=O) groups excluding carboxylic acids is 1. The van der Waals surface area contributed by atoms with E-state index < -0.39 is 5.60 Å². The van der Waals surface area contributed by atoms with Gasteiger partial charge in [0.1, 0.15) is 5.60 Å². The summed E-state index contributed by atoms with van der Waals surface area (Å²) in [6.07, 6.45) is 3.93. The smallest absolute Gasteiger partial charge is 0.410 e. The second-order valence-corrected chi connectivity index (χ2v) is 9.41. The summed E-state index contributed by atoms with van der Waals surface area (Å²) in [4.78, 5) is 17.0. The van der Waals surface area contributed by atoms with Gasteiger partial charge in [0.05, 0.1) is 25.9 Å². The molecule has 6 nitrogen and oxygen atoms in total. The van der Waals surface area contributed by atoms with Crippen molar-refractivity contribution in [3.8, 4) is 0 Å². The summed E-state index contributed by atoms with van der Waals surface area (Å²) in [6, 6.07) is 8.99. The minimum Gasteiger partial charge on any atom is -0.444 e. The van der Waals surface area contributed by atoms with Crippen LogP contribution in [-0.2, 0) is 20.8 Å². The van der Waals surface area contributed by atoms with Crippen molar-refractivity contribution in [3.63, 3.8) is 0 Å². The number of benzene rings is 1. The summed E-state index contributed by atoms with van der Waals surface area (Å²) >= 11 is 0. The molecule has 3 fully saturated rings. The van der Waals surface area contributed by atoms with Crippen molar-refractivity contribution >= 4 is 11.8 Å². The lowest BCUT2D eigenvalue weighted by Crippen LogP contribution is -2.50. The fourth-order valence-electron chi connectivity index (χ4n) is 4.83. The maximum atomic E-state index is 12.6. The van der Waals surface area contributed by atoms with E-state index in [0.29, 0.717) is 6.61 Å². The zero-order valence-corrected chi connectivity index (χ0v) is 17.9. The molecule has 0 aliphatic carbocycles. The highest BCUT2D eigenvalue weighted by atomic mass is 16.6. The topological polar surface area (TPSA) is 51.2 Å².